The Morgan fingerprint density at radius 2 is 2.12 bits per heavy atom. The van der Waals surface area contributed by atoms with Gasteiger partial charge in [-0.1, -0.05) is 30.3 Å². The molecule has 1 atom stereocenters. The van der Waals surface area contributed by atoms with Crippen molar-refractivity contribution in [2.24, 2.45) is 0 Å². The highest BCUT2D eigenvalue weighted by Crippen LogP contribution is 2.37. The van der Waals surface area contributed by atoms with Gasteiger partial charge in [-0.15, -0.1) is 11.8 Å². The Labute approximate surface area is 145 Å². The molecule has 3 nitrogen and oxygen atoms in total. The van der Waals surface area contributed by atoms with Gasteiger partial charge in [0.2, 0.25) is 5.91 Å². The summed E-state index contributed by atoms with van der Waals surface area (Å²) in [6.45, 7) is 0. The zero-order valence-electron chi connectivity index (χ0n) is 13.5. The molecule has 126 valence electrons. The number of fused-ring (bicyclic) bond motifs is 1. The molecule has 5 heteroatoms. The average molecular weight is 345 g/mol. The standard InChI is InChI=1S/C19H20FNO2S/c1-23-17-8-3-2-5-13(17)9-10-18(22)21-16-11-12-24-19-14(16)6-4-7-15(19)20/h2-8,16H,9-12H2,1H3,(H,21,22). The first-order valence-corrected chi connectivity index (χ1v) is 9.00. The van der Waals surface area contributed by atoms with Crippen molar-refractivity contribution in [3.8, 4) is 5.75 Å². The zero-order valence-corrected chi connectivity index (χ0v) is 14.4. The van der Waals surface area contributed by atoms with Crippen LogP contribution in [0.5, 0.6) is 5.75 Å². The fourth-order valence-electron chi connectivity index (χ4n) is 2.96. The molecule has 0 fully saturated rings. The number of aryl methyl sites for hydroxylation is 1. The molecule has 0 saturated heterocycles. The predicted molar refractivity (Wildman–Crippen MR) is 93.9 cm³/mol. The number of rotatable bonds is 5. The van der Waals surface area contributed by atoms with Gasteiger partial charge in [0.1, 0.15) is 11.6 Å². The van der Waals surface area contributed by atoms with Crippen molar-refractivity contribution < 1.29 is 13.9 Å². The average Bonchev–Trinajstić information content (AvgIpc) is 2.61. The van der Waals surface area contributed by atoms with Gasteiger partial charge in [0.25, 0.3) is 0 Å². The van der Waals surface area contributed by atoms with E-state index in [2.05, 4.69) is 5.32 Å². The lowest BCUT2D eigenvalue weighted by Gasteiger charge is -2.26. The summed E-state index contributed by atoms with van der Waals surface area (Å²) in [4.78, 5) is 13.0. The van der Waals surface area contributed by atoms with Gasteiger partial charge in [-0.05, 0) is 36.1 Å². The molecule has 1 N–H and O–H groups in total. The number of hydrogen-bond donors (Lipinski definition) is 1. The molecule has 2 aromatic carbocycles. The van der Waals surface area contributed by atoms with Gasteiger partial charge in [-0.25, -0.2) is 4.39 Å². The Kier molecular flexibility index (Phi) is 5.41. The van der Waals surface area contributed by atoms with Crippen LogP contribution in [0.2, 0.25) is 0 Å². The molecule has 0 aliphatic carbocycles. The third-order valence-corrected chi connectivity index (χ3v) is 5.33. The van der Waals surface area contributed by atoms with Crippen LogP contribution in [0, 0.1) is 5.82 Å². The number of ether oxygens (including phenoxy) is 1. The molecule has 2 aromatic rings. The van der Waals surface area contributed by atoms with Crippen LogP contribution in [0.3, 0.4) is 0 Å². The Bertz CT molecular complexity index is 735. The van der Waals surface area contributed by atoms with Crippen molar-refractivity contribution in [2.75, 3.05) is 12.9 Å². The van der Waals surface area contributed by atoms with Gasteiger partial charge in [-0.3, -0.25) is 4.79 Å². The highest BCUT2D eigenvalue weighted by Gasteiger charge is 2.24. The SMILES string of the molecule is COc1ccccc1CCC(=O)NC1CCSc2c(F)cccc21. The molecule has 1 unspecified atom stereocenters. The topological polar surface area (TPSA) is 38.3 Å². The largest absolute Gasteiger partial charge is 0.496 e. The van der Waals surface area contributed by atoms with Crippen LogP contribution in [0.1, 0.15) is 30.0 Å². The van der Waals surface area contributed by atoms with Crippen molar-refractivity contribution in [2.45, 2.75) is 30.2 Å². The maximum Gasteiger partial charge on any atom is 0.220 e. The number of methoxy groups -OCH3 is 1. The summed E-state index contributed by atoms with van der Waals surface area (Å²) in [5.41, 5.74) is 1.90. The van der Waals surface area contributed by atoms with Crippen molar-refractivity contribution >= 4 is 17.7 Å². The van der Waals surface area contributed by atoms with E-state index in [0.717, 1.165) is 29.1 Å². The van der Waals surface area contributed by atoms with Crippen LogP contribution >= 0.6 is 11.8 Å². The fraction of sp³-hybridized carbons (Fsp3) is 0.316. The second-order valence-corrected chi connectivity index (χ2v) is 6.83. The van der Waals surface area contributed by atoms with E-state index < -0.39 is 0 Å². The van der Waals surface area contributed by atoms with Crippen molar-refractivity contribution in [1.29, 1.82) is 0 Å². The molecule has 0 saturated carbocycles. The van der Waals surface area contributed by atoms with Gasteiger partial charge < -0.3 is 10.1 Å². The van der Waals surface area contributed by atoms with E-state index >= 15 is 0 Å². The van der Waals surface area contributed by atoms with E-state index in [1.165, 1.54) is 17.8 Å². The highest BCUT2D eigenvalue weighted by molar-refractivity contribution is 7.99. The van der Waals surface area contributed by atoms with E-state index in [4.69, 9.17) is 4.74 Å². The van der Waals surface area contributed by atoms with Crippen LogP contribution in [-0.4, -0.2) is 18.8 Å². The number of amides is 1. The third-order valence-electron chi connectivity index (χ3n) is 4.17. The van der Waals surface area contributed by atoms with Gasteiger partial charge in [0.15, 0.2) is 0 Å². The Morgan fingerprint density at radius 1 is 1.29 bits per heavy atom. The minimum Gasteiger partial charge on any atom is -0.496 e. The number of nitrogens with one attached hydrogen (secondary N) is 1. The number of carbonyl (C=O) groups excluding carboxylic acids is 1. The molecule has 3 rings (SSSR count). The lowest BCUT2D eigenvalue weighted by Crippen LogP contribution is -2.31. The molecule has 24 heavy (non-hydrogen) atoms. The van der Waals surface area contributed by atoms with E-state index in [1.54, 1.807) is 13.2 Å². The number of halogens is 1. The molecule has 1 amide bonds. The van der Waals surface area contributed by atoms with Gasteiger partial charge in [0, 0.05) is 17.1 Å². The Balaban J connectivity index is 1.63. The van der Waals surface area contributed by atoms with Crippen molar-refractivity contribution in [3.63, 3.8) is 0 Å². The quantitative estimate of drug-likeness (QED) is 0.886. The molecule has 0 spiro atoms. The van der Waals surface area contributed by atoms with E-state index in [-0.39, 0.29) is 17.8 Å². The van der Waals surface area contributed by atoms with Crippen LogP contribution in [-0.2, 0) is 11.2 Å². The minimum absolute atomic E-state index is 0.0204. The smallest absolute Gasteiger partial charge is 0.220 e. The summed E-state index contributed by atoms with van der Waals surface area (Å²) in [6.07, 6.45) is 1.82. The minimum atomic E-state index is -0.203. The maximum atomic E-state index is 13.9. The first-order chi connectivity index (χ1) is 11.7. The summed E-state index contributed by atoms with van der Waals surface area (Å²) in [6, 6.07) is 12.7. The predicted octanol–water partition coefficient (Wildman–Crippen LogP) is 4.12. The van der Waals surface area contributed by atoms with Crippen LogP contribution in [0.4, 0.5) is 4.39 Å². The number of hydrogen-bond acceptors (Lipinski definition) is 3. The van der Waals surface area contributed by atoms with Gasteiger partial charge >= 0.3 is 0 Å². The van der Waals surface area contributed by atoms with E-state index in [9.17, 15) is 9.18 Å². The summed E-state index contributed by atoms with van der Waals surface area (Å²) < 4.78 is 19.2. The Morgan fingerprint density at radius 3 is 2.96 bits per heavy atom. The molecule has 1 aliphatic rings. The molecule has 0 radical (unpaired) electrons. The van der Waals surface area contributed by atoms with Crippen LogP contribution < -0.4 is 10.1 Å². The van der Waals surface area contributed by atoms with Crippen molar-refractivity contribution in [1.82, 2.24) is 5.32 Å². The lowest BCUT2D eigenvalue weighted by atomic mass is 10.0. The number of thioether (sulfide) groups is 1. The molecule has 1 aliphatic heterocycles. The number of para-hydroxylation sites is 1. The van der Waals surface area contributed by atoms with Gasteiger partial charge in [0.05, 0.1) is 13.2 Å². The number of carbonyl (C=O) groups is 1. The summed E-state index contributed by atoms with van der Waals surface area (Å²) in [5, 5.41) is 3.05. The van der Waals surface area contributed by atoms with E-state index in [0.29, 0.717) is 17.7 Å². The molecular formula is C19H20FNO2S. The Hall–Kier alpha value is -2.01. The van der Waals surface area contributed by atoms with Crippen molar-refractivity contribution in [3.05, 3.63) is 59.4 Å². The molecule has 0 aromatic heterocycles. The molecule has 0 bridgehead atoms. The summed E-state index contributed by atoms with van der Waals surface area (Å²) in [7, 11) is 1.63. The maximum absolute atomic E-state index is 13.9. The summed E-state index contributed by atoms with van der Waals surface area (Å²) in [5.74, 6) is 1.39. The van der Waals surface area contributed by atoms with E-state index in [1.807, 2.05) is 30.3 Å². The first kappa shape index (κ1) is 16.8. The van der Waals surface area contributed by atoms with Crippen LogP contribution in [0.25, 0.3) is 0 Å². The first-order valence-electron chi connectivity index (χ1n) is 8.01. The lowest BCUT2D eigenvalue weighted by molar-refractivity contribution is -0.121. The second-order valence-electron chi connectivity index (χ2n) is 5.73. The third kappa shape index (κ3) is 3.73. The normalized spacial score (nSPS) is 16.3. The monoisotopic (exact) mass is 345 g/mol. The van der Waals surface area contributed by atoms with Gasteiger partial charge in [-0.2, -0.15) is 0 Å². The second kappa shape index (κ2) is 7.71. The summed E-state index contributed by atoms with van der Waals surface area (Å²) >= 11 is 1.52. The fourth-order valence-corrected chi connectivity index (χ4v) is 4.10. The zero-order chi connectivity index (χ0) is 16.9. The molecular weight excluding hydrogens is 325 g/mol. The highest BCUT2D eigenvalue weighted by atomic mass is 32.2. The molecule has 1 heterocycles. The van der Waals surface area contributed by atoms with Crippen LogP contribution in [0.15, 0.2) is 47.4 Å². The number of benzene rings is 2.